The van der Waals surface area contributed by atoms with Crippen molar-refractivity contribution >= 4 is 5.91 Å². The molecule has 3 fully saturated rings. The normalized spacial score (nSPS) is 29.3. The molecule has 1 aliphatic carbocycles. The summed E-state index contributed by atoms with van der Waals surface area (Å²) in [6.07, 6.45) is 5.09. The van der Waals surface area contributed by atoms with Gasteiger partial charge in [0, 0.05) is 49.5 Å². The smallest absolute Gasteiger partial charge is 0.251 e. The maximum atomic E-state index is 12.5. The van der Waals surface area contributed by atoms with Crippen molar-refractivity contribution in [3.05, 3.63) is 27.9 Å². The molecule has 6 nitrogen and oxygen atoms in total. The van der Waals surface area contributed by atoms with E-state index in [4.69, 9.17) is 4.98 Å². The summed E-state index contributed by atoms with van der Waals surface area (Å²) in [5, 5.41) is 0. The van der Waals surface area contributed by atoms with Gasteiger partial charge in [-0.15, -0.1) is 0 Å². The summed E-state index contributed by atoms with van der Waals surface area (Å²) in [6.45, 7) is 10.3. The van der Waals surface area contributed by atoms with Crippen molar-refractivity contribution in [2.24, 2.45) is 11.8 Å². The first-order valence-electron chi connectivity index (χ1n) is 11.1. The molecule has 4 rings (SSSR count). The van der Waals surface area contributed by atoms with E-state index in [9.17, 15) is 9.59 Å². The Morgan fingerprint density at radius 2 is 1.89 bits per heavy atom. The summed E-state index contributed by atoms with van der Waals surface area (Å²) in [5.74, 6) is 2.57. The van der Waals surface area contributed by atoms with E-state index in [0.29, 0.717) is 23.8 Å². The Hall–Kier alpha value is -1.69. The first-order valence-corrected chi connectivity index (χ1v) is 11.1. The SMILES string of the molecule is CC(C)N1CCC[C@H](c2cc(=O)[nH]c(C3CCN(C(=O)[C@H]4C[C@H]4C)CC3)n2)C1. The maximum Gasteiger partial charge on any atom is 0.251 e. The molecule has 2 aliphatic heterocycles. The average Bonchev–Trinajstić information content (AvgIpc) is 3.43. The minimum atomic E-state index is -0.0352. The Bertz CT molecular complexity index is 766. The van der Waals surface area contributed by atoms with Crippen LogP contribution < -0.4 is 5.56 Å². The molecule has 3 aliphatic rings. The summed E-state index contributed by atoms with van der Waals surface area (Å²) < 4.78 is 0. The summed E-state index contributed by atoms with van der Waals surface area (Å²) >= 11 is 0. The molecule has 1 N–H and O–H groups in total. The molecule has 0 radical (unpaired) electrons. The standard InChI is InChI=1S/C22H34N4O2/c1-14(2)26-8-4-5-17(13-26)19-12-20(27)24-21(23-19)16-6-9-25(10-7-16)22(28)18-11-15(18)3/h12,14-18H,4-11,13H2,1-3H3,(H,23,24,27)/t15-,17+,18+/m1/s1. The van der Waals surface area contributed by atoms with Crippen LogP contribution >= 0.6 is 0 Å². The lowest BCUT2D eigenvalue weighted by molar-refractivity contribution is -0.133. The first kappa shape index (κ1) is 19.6. The van der Waals surface area contributed by atoms with Crippen LogP contribution in [-0.2, 0) is 4.79 Å². The van der Waals surface area contributed by atoms with Gasteiger partial charge < -0.3 is 14.8 Å². The molecular weight excluding hydrogens is 352 g/mol. The van der Waals surface area contributed by atoms with E-state index in [1.54, 1.807) is 6.07 Å². The van der Waals surface area contributed by atoms with Crippen molar-refractivity contribution < 1.29 is 4.79 Å². The highest BCUT2D eigenvalue weighted by Gasteiger charge is 2.42. The number of hydrogen-bond donors (Lipinski definition) is 1. The molecule has 6 heteroatoms. The van der Waals surface area contributed by atoms with Crippen LogP contribution in [-0.4, -0.2) is 57.9 Å². The van der Waals surface area contributed by atoms with Crippen LogP contribution in [0.15, 0.2) is 10.9 Å². The molecule has 28 heavy (non-hydrogen) atoms. The number of likely N-dealkylation sites (tertiary alicyclic amines) is 2. The topological polar surface area (TPSA) is 69.3 Å². The molecule has 0 bridgehead atoms. The highest BCUT2D eigenvalue weighted by Crippen LogP contribution is 2.40. The Kier molecular flexibility index (Phi) is 5.59. The van der Waals surface area contributed by atoms with Gasteiger partial charge in [0.1, 0.15) is 5.82 Å². The van der Waals surface area contributed by atoms with Crippen molar-refractivity contribution in [3.63, 3.8) is 0 Å². The molecule has 1 aromatic heterocycles. The van der Waals surface area contributed by atoms with Crippen molar-refractivity contribution in [1.82, 2.24) is 19.8 Å². The van der Waals surface area contributed by atoms with E-state index in [1.807, 2.05) is 4.90 Å². The number of carbonyl (C=O) groups excluding carboxylic acids is 1. The van der Waals surface area contributed by atoms with Gasteiger partial charge in [-0.2, -0.15) is 0 Å². The minimum Gasteiger partial charge on any atom is -0.342 e. The molecular formula is C22H34N4O2. The lowest BCUT2D eigenvalue weighted by atomic mass is 9.92. The zero-order valence-electron chi connectivity index (χ0n) is 17.5. The number of carbonyl (C=O) groups is 1. The second-order valence-corrected chi connectivity index (χ2v) is 9.40. The van der Waals surface area contributed by atoms with Gasteiger partial charge in [0.2, 0.25) is 5.91 Å². The van der Waals surface area contributed by atoms with Crippen LogP contribution in [0.2, 0.25) is 0 Å². The number of aromatic nitrogens is 2. The molecule has 1 aromatic rings. The highest BCUT2D eigenvalue weighted by molar-refractivity contribution is 5.81. The third kappa shape index (κ3) is 4.17. The van der Waals surface area contributed by atoms with Crippen LogP contribution in [0.5, 0.6) is 0 Å². The second kappa shape index (κ2) is 7.97. The quantitative estimate of drug-likeness (QED) is 0.864. The van der Waals surface area contributed by atoms with Crippen LogP contribution in [0.1, 0.15) is 76.2 Å². The molecule has 3 heterocycles. The number of H-pyrrole nitrogens is 1. The third-order valence-electron chi connectivity index (χ3n) is 7.00. The Labute approximate surface area is 167 Å². The van der Waals surface area contributed by atoms with Gasteiger partial charge in [0.15, 0.2) is 0 Å². The van der Waals surface area contributed by atoms with Gasteiger partial charge in [-0.25, -0.2) is 4.98 Å². The number of piperidine rings is 2. The predicted molar refractivity (Wildman–Crippen MR) is 109 cm³/mol. The third-order valence-corrected chi connectivity index (χ3v) is 7.00. The van der Waals surface area contributed by atoms with Crippen LogP contribution in [0, 0.1) is 11.8 Å². The monoisotopic (exact) mass is 386 g/mol. The fourth-order valence-electron chi connectivity index (χ4n) is 4.89. The number of aromatic amines is 1. The molecule has 2 saturated heterocycles. The first-order chi connectivity index (χ1) is 13.4. The van der Waals surface area contributed by atoms with E-state index in [-0.39, 0.29) is 17.4 Å². The van der Waals surface area contributed by atoms with E-state index < -0.39 is 0 Å². The second-order valence-electron chi connectivity index (χ2n) is 9.40. The Balaban J connectivity index is 1.43. The molecule has 154 valence electrons. The van der Waals surface area contributed by atoms with Gasteiger partial charge in [-0.05, 0) is 58.4 Å². The summed E-state index contributed by atoms with van der Waals surface area (Å²) in [4.78, 5) is 37.2. The molecule has 1 amide bonds. The van der Waals surface area contributed by atoms with Gasteiger partial charge in [0.25, 0.3) is 5.56 Å². The minimum absolute atomic E-state index is 0.0352. The van der Waals surface area contributed by atoms with E-state index in [2.05, 4.69) is 30.7 Å². The number of nitrogens with zero attached hydrogens (tertiary/aromatic N) is 3. The molecule has 0 aromatic carbocycles. The fourth-order valence-corrected chi connectivity index (χ4v) is 4.89. The Morgan fingerprint density at radius 1 is 1.18 bits per heavy atom. The van der Waals surface area contributed by atoms with Gasteiger partial charge in [-0.3, -0.25) is 9.59 Å². The molecule has 1 saturated carbocycles. The van der Waals surface area contributed by atoms with E-state index in [0.717, 1.165) is 69.8 Å². The van der Waals surface area contributed by atoms with Crippen molar-refractivity contribution in [2.75, 3.05) is 26.2 Å². The molecule has 0 unspecified atom stereocenters. The zero-order valence-corrected chi connectivity index (χ0v) is 17.5. The van der Waals surface area contributed by atoms with Crippen molar-refractivity contribution in [1.29, 1.82) is 0 Å². The zero-order chi connectivity index (χ0) is 19.8. The summed E-state index contributed by atoms with van der Waals surface area (Å²) in [6, 6.07) is 2.23. The highest BCUT2D eigenvalue weighted by atomic mass is 16.2. The Morgan fingerprint density at radius 3 is 2.54 bits per heavy atom. The van der Waals surface area contributed by atoms with Gasteiger partial charge in [-0.1, -0.05) is 6.92 Å². The van der Waals surface area contributed by atoms with Gasteiger partial charge >= 0.3 is 0 Å². The van der Waals surface area contributed by atoms with Crippen LogP contribution in [0.4, 0.5) is 0 Å². The van der Waals surface area contributed by atoms with Gasteiger partial charge in [0.05, 0.1) is 5.69 Å². The lowest BCUT2D eigenvalue weighted by Crippen LogP contribution is -2.40. The summed E-state index contributed by atoms with van der Waals surface area (Å²) in [7, 11) is 0. The lowest BCUT2D eigenvalue weighted by Gasteiger charge is -2.35. The average molecular weight is 387 g/mol. The van der Waals surface area contributed by atoms with Crippen LogP contribution in [0.3, 0.4) is 0 Å². The summed E-state index contributed by atoms with van der Waals surface area (Å²) in [5.41, 5.74) is 0.918. The predicted octanol–water partition coefficient (Wildman–Crippen LogP) is 2.72. The van der Waals surface area contributed by atoms with Crippen LogP contribution in [0.25, 0.3) is 0 Å². The fraction of sp³-hybridized carbons (Fsp3) is 0.773. The van der Waals surface area contributed by atoms with Crippen molar-refractivity contribution in [2.45, 2.75) is 70.8 Å². The number of hydrogen-bond acceptors (Lipinski definition) is 4. The number of rotatable bonds is 4. The number of nitrogens with one attached hydrogen (secondary N) is 1. The molecule has 0 spiro atoms. The molecule has 3 atom stereocenters. The largest absolute Gasteiger partial charge is 0.342 e. The van der Waals surface area contributed by atoms with E-state index >= 15 is 0 Å². The number of amides is 1. The van der Waals surface area contributed by atoms with Crippen molar-refractivity contribution in [3.8, 4) is 0 Å². The maximum absolute atomic E-state index is 12.5. The van der Waals surface area contributed by atoms with E-state index in [1.165, 1.54) is 0 Å².